The first kappa shape index (κ1) is 24.5. The van der Waals surface area contributed by atoms with Gasteiger partial charge < -0.3 is 24.1 Å². The Morgan fingerprint density at radius 3 is 2.65 bits per heavy atom. The zero-order chi connectivity index (χ0) is 26.1. The van der Waals surface area contributed by atoms with Crippen molar-refractivity contribution in [2.45, 2.75) is 52.0 Å². The maximum atomic E-state index is 13.3. The number of benzene rings is 1. The number of pyridine rings is 1. The number of methoxy groups -OCH3 is 1. The summed E-state index contributed by atoms with van der Waals surface area (Å²) in [6.45, 7) is 1.33. The molecule has 1 fully saturated rings. The number of halogens is 2. The van der Waals surface area contributed by atoms with Gasteiger partial charge in [-0.05, 0) is 44.9 Å². The van der Waals surface area contributed by atoms with Gasteiger partial charge in [0.2, 0.25) is 0 Å². The second-order valence-corrected chi connectivity index (χ2v) is 9.05. The van der Waals surface area contributed by atoms with Gasteiger partial charge in [-0.15, -0.1) is 0 Å². The molecule has 3 aromatic heterocycles. The Labute approximate surface area is 212 Å². The Morgan fingerprint density at radius 2 is 1.95 bits per heavy atom. The minimum Gasteiger partial charge on any atom is -0.496 e. The first-order chi connectivity index (χ1) is 17.8. The highest BCUT2D eigenvalue weighted by molar-refractivity contribution is 6.01. The van der Waals surface area contributed by atoms with Gasteiger partial charge in [0.1, 0.15) is 40.9 Å². The lowest BCUT2D eigenvalue weighted by Crippen LogP contribution is -2.26. The van der Waals surface area contributed by atoms with Crippen LogP contribution in [0.15, 0.2) is 49.1 Å². The summed E-state index contributed by atoms with van der Waals surface area (Å²) in [5, 5.41) is 2.80. The lowest BCUT2D eigenvalue weighted by molar-refractivity contribution is -0.0502. The number of aromatic nitrogens is 4. The number of carbonyl (C=O) groups excluding carboxylic acids is 1. The third-order valence-corrected chi connectivity index (χ3v) is 6.10. The van der Waals surface area contributed by atoms with Gasteiger partial charge in [-0.1, -0.05) is 0 Å². The van der Waals surface area contributed by atoms with Crippen LogP contribution in [-0.4, -0.2) is 44.6 Å². The molecule has 3 heterocycles. The Bertz CT molecular complexity index is 1430. The summed E-state index contributed by atoms with van der Waals surface area (Å²) >= 11 is 0. The van der Waals surface area contributed by atoms with Gasteiger partial charge in [0.05, 0.1) is 19.0 Å². The van der Waals surface area contributed by atoms with E-state index in [1.165, 1.54) is 13.2 Å². The highest BCUT2D eigenvalue weighted by Crippen LogP contribution is 2.37. The number of nitrogens with zero attached hydrogens (tertiary/aromatic N) is 4. The predicted molar refractivity (Wildman–Crippen MR) is 131 cm³/mol. The number of rotatable bonds is 10. The number of amides is 1. The van der Waals surface area contributed by atoms with Crippen molar-refractivity contribution in [1.82, 2.24) is 24.3 Å². The number of ether oxygens (including phenoxy) is 3. The smallest absolute Gasteiger partial charge is 0.387 e. The van der Waals surface area contributed by atoms with E-state index in [4.69, 9.17) is 14.2 Å². The van der Waals surface area contributed by atoms with E-state index >= 15 is 0 Å². The summed E-state index contributed by atoms with van der Waals surface area (Å²) in [7, 11) is 1.38. The molecule has 194 valence electrons. The molecule has 1 N–H and O–H groups in total. The largest absolute Gasteiger partial charge is 0.496 e. The van der Waals surface area contributed by atoms with Gasteiger partial charge in [0.25, 0.3) is 5.91 Å². The quantitative estimate of drug-likeness (QED) is 0.327. The highest BCUT2D eigenvalue weighted by Gasteiger charge is 2.29. The van der Waals surface area contributed by atoms with Crippen molar-refractivity contribution in [3.63, 3.8) is 0 Å². The SMILES string of the molecule is COc1cc(-c2cnc3cc(OCc4nccn4C(C)C)ccn23)cc(OC(F)F)c1C(=O)NC1CC1. The Kier molecular flexibility index (Phi) is 6.68. The topological polar surface area (TPSA) is 91.9 Å². The van der Waals surface area contributed by atoms with Crippen LogP contribution in [0.4, 0.5) is 8.78 Å². The Hall–Kier alpha value is -4.15. The first-order valence-electron chi connectivity index (χ1n) is 11.9. The Morgan fingerprint density at radius 1 is 1.16 bits per heavy atom. The molecule has 0 spiro atoms. The minimum atomic E-state index is -3.11. The molecule has 9 nitrogen and oxygen atoms in total. The number of nitrogens with one attached hydrogen (secondary N) is 1. The number of fused-ring (bicyclic) bond motifs is 1. The molecule has 37 heavy (non-hydrogen) atoms. The second-order valence-electron chi connectivity index (χ2n) is 9.05. The number of alkyl halides is 2. The summed E-state index contributed by atoms with van der Waals surface area (Å²) in [5.74, 6) is 0.761. The van der Waals surface area contributed by atoms with Crippen LogP contribution in [0.25, 0.3) is 16.9 Å². The second kappa shape index (κ2) is 10.1. The maximum Gasteiger partial charge on any atom is 0.387 e. The zero-order valence-electron chi connectivity index (χ0n) is 20.6. The number of hydrogen-bond donors (Lipinski definition) is 1. The van der Waals surface area contributed by atoms with Crippen LogP contribution in [0.5, 0.6) is 17.2 Å². The molecule has 4 aromatic rings. The van der Waals surface area contributed by atoms with Gasteiger partial charge in [-0.2, -0.15) is 8.78 Å². The molecule has 1 amide bonds. The molecule has 1 aliphatic rings. The van der Waals surface area contributed by atoms with Crippen LogP contribution in [0.2, 0.25) is 0 Å². The van der Waals surface area contributed by atoms with E-state index in [0.29, 0.717) is 29.3 Å². The van der Waals surface area contributed by atoms with Crippen molar-refractivity contribution in [3.8, 4) is 28.5 Å². The predicted octanol–water partition coefficient (Wildman–Crippen LogP) is 4.86. The van der Waals surface area contributed by atoms with Crippen LogP contribution < -0.4 is 19.5 Å². The third-order valence-electron chi connectivity index (χ3n) is 6.10. The van der Waals surface area contributed by atoms with Crippen LogP contribution in [-0.2, 0) is 6.61 Å². The van der Waals surface area contributed by atoms with E-state index in [2.05, 4.69) is 29.1 Å². The minimum absolute atomic E-state index is 0.0388. The number of hydrogen-bond acceptors (Lipinski definition) is 6. The summed E-state index contributed by atoms with van der Waals surface area (Å²) in [5.41, 5.74) is 1.62. The molecule has 11 heteroatoms. The van der Waals surface area contributed by atoms with Crippen LogP contribution >= 0.6 is 0 Å². The van der Waals surface area contributed by atoms with Crippen molar-refractivity contribution < 1.29 is 27.8 Å². The molecule has 1 aliphatic carbocycles. The van der Waals surface area contributed by atoms with E-state index < -0.39 is 12.5 Å². The van der Waals surface area contributed by atoms with Crippen molar-refractivity contribution in [1.29, 1.82) is 0 Å². The van der Waals surface area contributed by atoms with Gasteiger partial charge in [0.15, 0.2) is 0 Å². The van der Waals surface area contributed by atoms with Crippen LogP contribution in [0, 0.1) is 0 Å². The molecule has 5 rings (SSSR count). The highest BCUT2D eigenvalue weighted by atomic mass is 19.3. The zero-order valence-corrected chi connectivity index (χ0v) is 20.6. The van der Waals surface area contributed by atoms with Crippen molar-refractivity contribution in [2.24, 2.45) is 0 Å². The normalized spacial score (nSPS) is 13.4. The standard InChI is InChI=1S/C26H27F2N5O4/c1-15(2)32-9-7-29-23(32)14-36-18-6-8-33-19(13-30-22(33)12-18)16-10-20(35-3)24(21(11-16)37-26(27)28)25(34)31-17-4-5-17/h6-13,15,17,26H,4-5,14H2,1-3H3,(H,31,34). The number of carbonyl (C=O) groups is 1. The average molecular weight is 512 g/mol. The van der Waals surface area contributed by atoms with E-state index in [-0.39, 0.29) is 29.1 Å². The molecule has 0 atom stereocenters. The van der Waals surface area contributed by atoms with Gasteiger partial charge in [-0.25, -0.2) is 9.97 Å². The van der Waals surface area contributed by atoms with Crippen molar-refractivity contribution >= 4 is 11.6 Å². The fourth-order valence-corrected chi connectivity index (χ4v) is 4.14. The lowest BCUT2D eigenvalue weighted by Gasteiger charge is -2.16. The van der Waals surface area contributed by atoms with E-state index in [1.54, 1.807) is 41.2 Å². The molecular formula is C26H27F2N5O4. The monoisotopic (exact) mass is 511 g/mol. The molecule has 0 bridgehead atoms. The van der Waals surface area contributed by atoms with Crippen molar-refractivity contribution in [3.05, 3.63) is 60.4 Å². The fourth-order valence-electron chi connectivity index (χ4n) is 4.14. The molecule has 0 aliphatic heterocycles. The van der Waals surface area contributed by atoms with Gasteiger partial charge in [-0.3, -0.25) is 9.20 Å². The van der Waals surface area contributed by atoms with Crippen LogP contribution in [0.3, 0.4) is 0 Å². The molecule has 1 saturated carbocycles. The summed E-state index contributed by atoms with van der Waals surface area (Å²) in [6, 6.07) is 6.87. The maximum absolute atomic E-state index is 13.3. The summed E-state index contributed by atoms with van der Waals surface area (Å²) in [6.07, 6.45) is 8.74. The first-order valence-corrected chi connectivity index (χ1v) is 11.9. The van der Waals surface area contributed by atoms with Gasteiger partial charge >= 0.3 is 6.61 Å². The Balaban J connectivity index is 1.45. The summed E-state index contributed by atoms with van der Waals surface area (Å²) < 4.78 is 46.4. The molecule has 1 aromatic carbocycles. The van der Waals surface area contributed by atoms with E-state index in [0.717, 1.165) is 18.7 Å². The van der Waals surface area contributed by atoms with E-state index in [9.17, 15) is 13.6 Å². The molecular weight excluding hydrogens is 484 g/mol. The molecule has 0 saturated heterocycles. The molecule has 0 unspecified atom stereocenters. The third kappa shape index (κ3) is 5.20. The van der Waals surface area contributed by atoms with Gasteiger partial charge in [0, 0.05) is 42.3 Å². The van der Waals surface area contributed by atoms with E-state index in [1.807, 2.05) is 10.8 Å². The lowest BCUT2D eigenvalue weighted by atomic mass is 10.1. The summed E-state index contributed by atoms with van der Waals surface area (Å²) in [4.78, 5) is 21.6. The van der Waals surface area contributed by atoms with Crippen LogP contribution in [0.1, 0.15) is 48.9 Å². The fraction of sp³-hybridized carbons (Fsp3) is 0.346. The molecule has 0 radical (unpaired) electrons. The number of imidazole rings is 2. The average Bonchev–Trinajstić information content (AvgIpc) is 3.37. The van der Waals surface area contributed by atoms with Crippen molar-refractivity contribution in [2.75, 3.05) is 7.11 Å².